The van der Waals surface area contributed by atoms with Crippen molar-refractivity contribution >= 4 is 5.91 Å². The Bertz CT molecular complexity index is 775. The van der Waals surface area contributed by atoms with Gasteiger partial charge in [0.25, 0.3) is 0 Å². The maximum atomic E-state index is 12.6. The van der Waals surface area contributed by atoms with Gasteiger partial charge in [-0.1, -0.05) is 72.8 Å². The van der Waals surface area contributed by atoms with E-state index in [0.717, 1.165) is 11.1 Å². The first-order chi connectivity index (χ1) is 13.7. The van der Waals surface area contributed by atoms with Gasteiger partial charge in [0.1, 0.15) is 12.2 Å². The van der Waals surface area contributed by atoms with E-state index in [1.165, 1.54) is 0 Å². The van der Waals surface area contributed by atoms with Crippen molar-refractivity contribution in [1.82, 2.24) is 4.90 Å². The Hall–Kier alpha value is -2.69. The van der Waals surface area contributed by atoms with Crippen molar-refractivity contribution in [2.45, 2.75) is 37.9 Å². The maximum Gasteiger partial charge on any atom is 0.227 e. The topological polar surface area (TPSA) is 38.8 Å². The number of amides is 1. The number of hydrogen-bond donors (Lipinski definition) is 0. The fourth-order valence-electron chi connectivity index (χ4n) is 3.48. The molecule has 0 spiro atoms. The van der Waals surface area contributed by atoms with E-state index < -0.39 is 0 Å². The Kier molecular flexibility index (Phi) is 7.18. The molecule has 28 heavy (non-hydrogen) atoms. The normalized spacial score (nSPS) is 21.4. The molecule has 1 aliphatic heterocycles. The molecule has 0 N–H and O–H groups in total. The number of carbonyl (C=O) groups excluding carboxylic acids is 1. The van der Waals surface area contributed by atoms with Crippen molar-refractivity contribution in [2.75, 3.05) is 6.54 Å². The Morgan fingerprint density at radius 3 is 2.07 bits per heavy atom. The summed E-state index contributed by atoms with van der Waals surface area (Å²) in [5, 5.41) is 0. The number of carbonyl (C=O) groups is 1. The van der Waals surface area contributed by atoms with E-state index in [9.17, 15) is 4.79 Å². The molecule has 0 saturated carbocycles. The summed E-state index contributed by atoms with van der Waals surface area (Å²) >= 11 is 0. The summed E-state index contributed by atoms with van der Waals surface area (Å²) in [7, 11) is 0. The quantitative estimate of drug-likeness (QED) is 0.617. The van der Waals surface area contributed by atoms with Crippen molar-refractivity contribution in [3.63, 3.8) is 0 Å². The van der Waals surface area contributed by atoms with Gasteiger partial charge in [0.05, 0.1) is 25.8 Å². The molecule has 4 heteroatoms. The highest BCUT2D eigenvalue weighted by atomic mass is 16.5. The Balaban J connectivity index is 1.73. The summed E-state index contributed by atoms with van der Waals surface area (Å²) in [6, 6.07) is 19.8. The van der Waals surface area contributed by atoms with Gasteiger partial charge in [0.15, 0.2) is 0 Å². The standard InChI is InChI=1S/C24H27NO3/c1-3-11-23(26)25-16-22(27-17-19-12-7-5-8-13-19)24(21(25)4-2)28-18-20-14-9-6-10-15-20/h3-10,12-15,21-22,24H,1-2,11,16-18H2/t21-,22-,24+/m1/s1. The fourth-order valence-corrected chi connectivity index (χ4v) is 3.48. The Labute approximate surface area is 167 Å². The second-order valence-corrected chi connectivity index (χ2v) is 6.86. The summed E-state index contributed by atoms with van der Waals surface area (Å²) < 4.78 is 12.4. The van der Waals surface area contributed by atoms with Gasteiger partial charge in [0, 0.05) is 6.42 Å². The first-order valence-electron chi connectivity index (χ1n) is 9.57. The SMILES string of the molecule is C=CCC(=O)N1C[C@@H](OCc2ccccc2)[C@@H](OCc2ccccc2)[C@H]1C=C. The molecule has 0 radical (unpaired) electrons. The number of nitrogens with zero attached hydrogens (tertiary/aromatic N) is 1. The molecule has 3 atom stereocenters. The number of ether oxygens (including phenoxy) is 2. The lowest BCUT2D eigenvalue weighted by Crippen LogP contribution is -2.39. The predicted octanol–water partition coefficient (Wildman–Crippen LogP) is 4.13. The van der Waals surface area contributed by atoms with Crippen LogP contribution in [0.5, 0.6) is 0 Å². The van der Waals surface area contributed by atoms with Gasteiger partial charge in [-0.2, -0.15) is 0 Å². The fraction of sp³-hybridized carbons (Fsp3) is 0.292. The summed E-state index contributed by atoms with van der Waals surface area (Å²) in [5.74, 6) is 0.0130. The van der Waals surface area contributed by atoms with Crippen LogP contribution in [0, 0.1) is 0 Å². The average molecular weight is 377 g/mol. The van der Waals surface area contributed by atoms with Crippen LogP contribution in [0.1, 0.15) is 17.5 Å². The molecular formula is C24H27NO3. The minimum atomic E-state index is -0.268. The van der Waals surface area contributed by atoms with Crippen LogP contribution in [0.4, 0.5) is 0 Å². The number of hydrogen-bond acceptors (Lipinski definition) is 3. The van der Waals surface area contributed by atoms with Crippen molar-refractivity contribution in [1.29, 1.82) is 0 Å². The Morgan fingerprint density at radius 1 is 0.964 bits per heavy atom. The molecule has 0 bridgehead atoms. The number of benzene rings is 2. The summed E-state index contributed by atoms with van der Waals surface area (Å²) in [4.78, 5) is 14.3. The van der Waals surface area contributed by atoms with Crippen LogP contribution >= 0.6 is 0 Å². The van der Waals surface area contributed by atoms with E-state index in [0.29, 0.717) is 26.2 Å². The second kappa shape index (κ2) is 10.0. The van der Waals surface area contributed by atoms with Crippen molar-refractivity contribution in [3.8, 4) is 0 Å². The molecule has 0 aliphatic carbocycles. The third-order valence-electron chi connectivity index (χ3n) is 4.91. The average Bonchev–Trinajstić information content (AvgIpc) is 3.10. The van der Waals surface area contributed by atoms with Crippen LogP contribution in [-0.4, -0.2) is 35.6 Å². The molecule has 1 aliphatic rings. The van der Waals surface area contributed by atoms with Gasteiger partial charge in [-0.15, -0.1) is 13.2 Å². The van der Waals surface area contributed by atoms with Crippen LogP contribution in [-0.2, 0) is 27.5 Å². The molecular weight excluding hydrogens is 350 g/mol. The zero-order valence-electron chi connectivity index (χ0n) is 16.1. The number of likely N-dealkylation sites (tertiary alicyclic amines) is 1. The predicted molar refractivity (Wildman–Crippen MR) is 111 cm³/mol. The smallest absolute Gasteiger partial charge is 0.227 e. The number of rotatable bonds is 9. The zero-order valence-corrected chi connectivity index (χ0v) is 16.1. The lowest BCUT2D eigenvalue weighted by atomic mass is 10.1. The Morgan fingerprint density at radius 2 is 1.54 bits per heavy atom. The minimum absolute atomic E-state index is 0.0130. The molecule has 1 fully saturated rings. The molecule has 2 aromatic rings. The largest absolute Gasteiger partial charge is 0.369 e. The van der Waals surface area contributed by atoms with Crippen LogP contribution < -0.4 is 0 Å². The van der Waals surface area contributed by atoms with Crippen molar-refractivity contribution in [3.05, 3.63) is 97.1 Å². The van der Waals surface area contributed by atoms with E-state index in [1.54, 1.807) is 17.1 Å². The van der Waals surface area contributed by atoms with Gasteiger partial charge in [-0.25, -0.2) is 0 Å². The third-order valence-corrected chi connectivity index (χ3v) is 4.91. The van der Waals surface area contributed by atoms with Crippen LogP contribution in [0.2, 0.25) is 0 Å². The van der Waals surface area contributed by atoms with Gasteiger partial charge < -0.3 is 14.4 Å². The molecule has 3 rings (SSSR count). The van der Waals surface area contributed by atoms with Gasteiger partial charge in [-0.3, -0.25) is 4.79 Å². The highest BCUT2D eigenvalue weighted by Crippen LogP contribution is 2.27. The van der Waals surface area contributed by atoms with E-state index in [-0.39, 0.29) is 24.2 Å². The molecule has 1 saturated heterocycles. The molecule has 1 heterocycles. The monoisotopic (exact) mass is 377 g/mol. The first kappa shape index (κ1) is 20.1. The third kappa shape index (κ3) is 4.97. The summed E-state index contributed by atoms with van der Waals surface area (Å²) in [5.41, 5.74) is 2.18. The second-order valence-electron chi connectivity index (χ2n) is 6.86. The van der Waals surface area contributed by atoms with Gasteiger partial charge in [0.2, 0.25) is 5.91 Å². The highest BCUT2D eigenvalue weighted by molar-refractivity contribution is 5.78. The minimum Gasteiger partial charge on any atom is -0.369 e. The van der Waals surface area contributed by atoms with Gasteiger partial charge >= 0.3 is 0 Å². The molecule has 2 aromatic carbocycles. The highest BCUT2D eigenvalue weighted by Gasteiger charge is 2.43. The van der Waals surface area contributed by atoms with Crippen LogP contribution in [0.3, 0.4) is 0 Å². The molecule has 0 unspecified atom stereocenters. The lowest BCUT2D eigenvalue weighted by molar-refractivity contribution is -0.131. The van der Waals surface area contributed by atoms with Crippen LogP contribution in [0.15, 0.2) is 86.0 Å². The van der Waals surface area contributed by atoms with Crippen molar-refractivity contribution in [2.24, 2.45) is 0 Å². The van der Waals surface area contributed by atoms with Gasteiger partial charge in [-0.05, 0) is 11.1 Å². The zero-order chi connectivity index (χ0) is 19.8. The van der Waals surface area contributed by atoms with Crippen LogP contribution in [0.25, 0.3) is 0 Å². The van der Waals surface area contributed by atoms with E-state index in [4.69, 9.17) is 9.47 Å². The maximum absolute atomic E-state index is 12.6. The molecule has 0 aromatic heterocycles. The van der Waals surface area contributed by atoms with Crippen molar-refractivity contribution < 1.29 is 14.3 Å². The van der Waals surface area contributed by atoms with E-state index in [2.05, 4.69) is 13.2 Å². The molecule has 146 valence electrons. The first-order valence-corrected chi connectivity index (χ1v) is 9.57. The molecule has 1 amide bonds. The summed E-state index contributed by atoms with van der Waals surface area (Å²) in [6.07, 6.45) is 3.21. The lowest BCUT2D eigenvalue weighted by Gasteiger charge is -2.25. The van der Waals surface area contributed by atoms with E-state index >= 15 is 0 Å². The molecule has 4 nitrogen and oxygen atoms in total. The van der Waals surface area contributed by atoms with E-state index in [1.807, 2.05) is 60.7 Å². The summed E-state index contributed by atoms with van der Waals surface area (Å²) in [6.45, 7) is 9.04.